The standard InChI is InChI=1S/C30H31ClFN5O5/c31-22-8-17(3-4-23(22)32)35-30-18-9-25(36-29(38)2-1-5-37-11-27-28(12-37)41-7-6-40-27)26(10-24(18)33-16-34-30)42-15-21-19-13-39-14-20(19)21/h1-4,8-10,16,19-21,27-28H,5-7,11-15H2,(H,36,38)(H,33,34,35)/b2-1+/t19?,20?,21?,27-,28?/m0/s1. The maximum Gasteiger partial charge on any atom is 0.248 e. The molecule has 1 saturated carbocycles. The summed E-state index contributed by atoms with van der Waals surface area (Å²) >= 11 is 5.98. The number of nitrogens with zero attached hydrogens (tertiary/aromatic N) is 3. The average Bonchev–Trinajstić information content (AvgIpc) is 3.28. The van der Waals surface area contributed by atoms with Crippen molar-refractivity contribution in [1.82, 2.24) is 14.9 Å². The number of amides is 1. The van der Waals surface area contributed by atoms with E-state index >= 15 is 0 Å². The average molecular weight is 596 g/mol. The third-order valence-corrected chi connectivity index (χ3v) is 8.70. The van der Waals surface area contributed by atoms with Crippen molar-refractivity contribution < 1.29 is 28.1 Å². The van der Waals surface area contributed by atoms with Gasteiger partial charge < -0.3 is 29.6 Å². The van der Waals surface area contributed by atoms with Crippen LogP contribution in [0.15, 0.2) is 48.8 Å². The molecule has 4 aliphatic rings. The highest BCUT2D eigenvalue weighted by molar-refractivity contribution is 6.31. The predicted octanol–water partition coefficient (Wildman–Crippen LogP) is 4.03. The summed E-state index contributed by atoms with van der Waals surface area (Å²) in [5.41, 5.74) is 1.70. The second kappa shape index (κ2) is 11.7. The quantitative estimate of drug-likeness (QED) is 0.355. The largest absolute Gasteiger partial charge is 0.491 e. The number of carbonyl (C=O) groups excluding carboxylic acids is 1. The van der Waals surface area contributed by atoms with Gasteiger partial charge in [0.1, 0.15) is 23.7 Å². The zero-order valence-electron chi connectivity index (χ0n) is 22.8. The van der Waals surface area contributed by atoms with Crippen molar-refractivity contribution in [3.63, 3.8) is 0 Å². The molecule has 3 saturated heterocycles. The van der Waals surface area contributed by atoms with Gasteiger partial charge in [-0.2, -0.15) is 0 Å². The number of hydrogen-bond acceptors (Lipinski definition) is 9. The summed E-state index contributed by atoms with van der Waals surface area (Å²) in [4.78, 5) is 24.1. The summed E-state index contributed by atoms with van der Waals surface area (Å²) in [5.74, 6) is 1.74. The molecule has 0 spiro atoms. The Morgan fingerprint density at radius 3 is 2.67 bits per heavy atom. The van der Waals surface area contributed by atoms with Gasteiger partial charge in [0, 0.05) is 48.8 Å². The van der Waals surface area contributed by atoms with E-state index in [9.17, 15) is 9.18 Å². The van der Waals surface area contributed by atoms with Crippen LogP contribution in [-0.2, 0) is 19.0 Å². The van der Waals surface area contributed by atoms with E-state index in [1.807, 2.05) is 6.08 Å². The van der Waals surface area contributed by atoms with Crippen LogP contribution in [0.4, 0.5) is 21.6 Å². The van der Waals surface area contributed by atoms with Gasteiger partial charge in [-0.25, -0.2) is 14.4 Å². The van der Waals surface area contributed by atoms with Crippen LogP contribution in [0.5, 0.6) is 5.75 Å². The molecule has 1 aliphatic carbocycles. The number of rotatable bonds is 9. The monoisotopic (exact) mass is 595 g/mol. The van der Waals surface area contributed by atoms with Gasteiger partial charge in [0.05, 0.1) is 61.5 Å². The minimum absolute atomic E-state index is 0.00299. The molecule has 4 fully saturated rings. The third-order valence-electron chi connectivity index (χ3n) is 8.41. The van der Waals surface area contributed by atoms with Crippen molar-refractivity contribution in [2.24, 2.45) is 17.8 Å². The Morgan fingerprint density at radius 2 is 1.90 bits per heavy atom. The lowest BCUT2D eigenvalue weighted by Gasteiger charge is -2.24. The topological polar surface area (TPSA) is 107 Å². The van der Waals surface area contributed by atoms with E-state index in [0.717, 1.165) is 26.3 Å². The molecule has 1 aromatic heterocycles. The molecule has 3 unspecified atom stereocenters. The second-order valence-electron chi connectivity index (χ2n) is 11.1. The van der Waals surface area contributed by atoms with E-state index in [-0.39, 0.29) is 23.1 Å². The Bertz CT molecular complexity index is 1500. The van der Waals surface area contributed by atoms with Crippen molar-refractivity contribution in [3.05, 3.63) is 59.7 Å². The maximum absolute atomic E-state index is 13.7. The molecular weight excluding hydrogens is 565 g/mol. The van der Waals surface area contributed by atoms with E-state index in [1.54, 1.807) is 18.2 Å². The number of anilines is 3. The SMILES string of the molecule is O=C(/C=C/CN1CC2OCCO[C@H]2C1)Nc1cc2c(Nc3ccc(F)c(Cl)c3)ncnc2cc1OCC1C2COCC21. The number of fused-ring (bicyclic) bond motifs is 3. The molecule has 0 radical (unpaired) electrons. The Labute approximate surface area is 247 Å². The summed E-state index contributed by atoms with van der Waals surface area (Å²) in [6.07, 6.45) is 4.99. The van der Waals surface area contributed by atoms with Crippen LogP contribution in [-0.4, -0.2) is 85.7 Å². The van der Waals surface area contributed by atoms with Gasteiger partial charge in [-0.3, -0.25) is 9.69 Å². The van der Waals surface area contributed by atoms with Gasteiger partial charge in [-0.05, 0) is 36.1 Å². The summed E-state index contributed by atoms with van der Waals surface area (Å²) in [6, 6.07) is 7.94. The van der Waals surface area contributed by atoms with Gasteiger partial charge in [-0.1, -0.05) is 17.7 Å². The fourth-order valence-electron chi connectivity index (χ4n) is 6.07. The predicted molar refractivity (Wildman–Crippen MR) is 155 cm³/mol. The molecule has 42 heavy (non-hydrogen) atoms. The number of benzene rings is 2. The number of halogens is 2. The fraction of sp³-hybridized carbons (Fsp3) is 0.433. The van der Waals surface area contributed by atoms with Gasteiger partial charge in [-0.15, -0.1) is 0 Å². The normalized spacial score (nSPS) is 26.8. The first-order valence-electron chi connectivity index (χ1n) is 14.2. The molecule has 2 N–H and O–H groups in total. The smallest absolute Gasteiger partial charge is 0.248 e. The first-order chi connectivity index (χ1) is 20.5. The molecule has 7 rings (SSSR count). The zero-order valence-corrected chi connectivity index (χ0v) is 23.6. The van der Waals surface area contributed by atoms with Crippen molar-refractivity contribution in [1.29, 1.82) is 0 Å². The lowest BCUT2D eigenvalue weighted by Crippen LogP contribution is -2.36. The van der Waals surface area contributed by atoms with Crippen molar-refractivity contribution in [2.75, 3.05) is 63.3 Å². The number of ether oxygens (including phenoxy) is 4. The minimum Gasteiger partial charge on any atom is -0.491 e. The number of nitrogens with one attached hydrogen (secondary N) is 2. The molecular formula is C30H31ClFN5O5. The summed E-state index contributed by atoms with van der Waals surface area (Å²) in [7, 11) is 0. The lowest BCUT2D eigenvalue weighted by atomic mass is 10.1. The molecule has 10 nitrogen and oxygen atoms in total. The van der Waals surface area contributed by atoms with Crippen molar-refractivity contribution in [2.45, 2.75) is 12.2 Å². The van der Waals surface area contributed by atoms with E-state index in [1.165, 1.54) is 24.5 Å². The first kappa shape index (κ1) is 27.5. The molecule has 3 aliphatic heterocycles. The molecule has 220 valence electrons. The van der Waals surface area contributed by atoms with E-state index in [0.29, 0.717) is 78.0 Å². The van der Waals surface area contributed by atoms with Crippen LogP contribution in [0.1, 0.15) is 0 Å². The van der Waals surface area contributed by atoms with Gasteiger partial charge in [0.25, 0.3) is 0 Å². The van der Waals surface area contributed by atoms with Crippen LogP contribution in [0.25, 0.3) is 10.9 Å². The Kier molecular flexibility index (Phi) is 7.68. The van der Waals surface area contributed by atoms with Crippen LogP contribution in [0.3, 0.4) is 0 Å². The molecule has 4 heterocycles. The van der Waals surface area contributed by atoms with E-state index in [2.05, 4.69) is 25.5 Å². The molecule has 2 aromatic carbocycles. The summed E-state index contributed by atoms with van der Waals surface area (Å²) in [5, 5.41) is 6.81. The third kappa shape index (κ3) is 5.80. The van der Waals surface area contributed by atoms with E-state index in [4.69, 9.17) is 30.5 Å². The zero-order chi connectivity index (χ0) is 28.6. The summed E-state index contributed by atoms with van der Waals surface area (Å²) < 4.78 is 37.0. The number of carbonyl (C=O) groups is 1. The Balaban J connectivity index is 1.09. The highest BCUT2D eigenvalue weighted by Gasteiger charge is 2.54. The molecule has 12 heteroatoms. The molecule has 4 atom stereocenters. The molecule has 0 bridgehead atoms. The highest BCUT2D eigenvalue weighted by Crippen LogP contribution is 2.51. The minimum atomic E-state index is -0.509. The van der Waals surface area contributed by atoms with Crippen LogP contribution >= 0.6 is 11.6 Å². The van der Waals surface area contributed by atoms with Crippen LogP contribution < -0.4 is 15.4 Å². The maximum atomic E-state index is 13.7. The van der Waals surface area contributed by atoms with Gasteiger partial charge in [0.2, 0.25) is 5.91 Å². The van der Waals surface area contributed by atoms with Gasteiger partial charge in [0.15, 0.2) is 0 Å². The summed E-state index contributed by atoms with van der Waals surface area (Å²) in [6.45, 7) is 5.51. The van der Waals surface area contributed by atoms with Crippen LogP contribution in [0.2, 0.25) is 5.02 Å². The number of likely N-dealkylation sites (tertiary alicyclic amines) is 1. The molecule has 1 amide bonds. The van der Waals surface area contributed by atoms with Gasteiger partial charge >= 0.3 is 0 Å². The Morgan fingerprint density at radius 1 is 1.12 bits per heavy atom. The molecule has 3 aromatic rings. The van der Waals surface area contributed by atoms with Crippen molar-refractivity contribution >= 4 is 45.6 Å². The Hall–Kier alpha value is -3.35. The van der Waals surface area contributed by atoms with Crippen molar-refractivity contribution in [3.8, 4) is 5.75 Å². The number of hydrogen-bond donors (Lipinski definition) is 2. The first-order valence-corrected chi connectivity index (χ1v) is 14.5. The number of aromatic nitrogens is 2. The second-order valence-corrected chi connectivity index (χ2v) is 11.5. The lowest BCUT2D eigenvalue weighted by molar-refractivity contribution is -0.116. The highest BCUT2D eigenvalue weighted by atomic mass is 35.5. The fourth-order valence-corrected chi connectivity index (χ4v) is 6.25. The van der Waals surface area contributed by atoms with E-state index < -0.39 is 5.82 Å². The van der Waals surface area contributed by atoms with Crippen LogP contribution in [0, 0.1) is 23.6 Å².